The second-order valence-corrected chi connectivity index (χ2v) is 10.3. The molecule has 0 aliphatic rings. The quantitative estimate of drug-likeness (QED) is 0.212. The topological polar surface area (TPSA) is 65.0 Å². The summed E-state index contributed by atoms with van der Waals surface area (Å²) in [4.78, 5) is 15.0. The molecule has 0 bridgehead atoms. The van der Waals surface area contributed by atoms with E-state index in [1.807, 2.05) is 91.0 Å². The molecule has 39 heavy (non-hydrogen) atoms. The van der Waals surface area contributed by atoms with Crippen LogP contribution in [0.3, 0.4) is 0 Å². The zero-order valence-corrected chi connectivity index (χ0v) is 22.0. The van der Waals surface area contributed by atoms with Crippen molar-refractivity contribution in [2.24, 2.45) is 0 Å². The Bertz CT molecular complexity index is 2200. The number of halogens is 1. The highest BCUT2D eigenvalue weighted by Crippen LogP contribution is 2.38. The maximum atomic E-state index is 6.34. The van der Waals surface area contributed by atoms with Gasteiger partial charge in [-0.25, -0.2) is 15.0 Å². The predicted molar refractivity (Wildman–Crippen MR) is 158 cm³/mol. The third-order valence-corrected chi connectivity index (χ3v) is 7.56. The van der Waals surface area contributed by atoms with Gasteiger partial charge in [-0.15, -0.1) is 0 Å². The standard InChI is InChI=1S/C33H18BrN3O2/c34-20-17-15-19(16-18-20)31-35-32(24-10-6-14-28-29(24)23-8-2-4-13-27(23)38-28)37-33(36-31)25-11-5-9-22-21-7-1-3-12-26(21)39-30(22)25/h1-18H. The van der Waals surface area contributed by atoms with Gasteiger partial charge in [0.05, 0.1) is 5.56 Å². The number of benzene rings is 5. The fraction of sp³-hybridized carbons (Fsp3) is 0. The lowest BCUT2D eigenvalue weighted by molar-refractivity contribution is 0.668. The summed E-state index contributed by atoms with van der Waals surface area (Å²) in [5.74, 6) is 1.70. The summed E-state index contributed by atoms with van der Waals surface area (Å²) in [6.07, 6.45) is 0. The van der Waals surface area contributed by atoms with Gasteiger partial charge in [0.1, 0.15) is 22.3 Å². The van der Waals surface area contributed by atoms with Crippen LogP contribution in [0.25, 0.3) is 78.0 Å². The Balaban J connectivity index is 1.44. The molecule has 0 aliphatic carbocycles. The molecule has 6 heteroatoms. The third-order valence-electron chi connectivity index (χ3n) is 7.03. The number of nitrogens with zero attached hydrogens (tertiary/aromatic N) is 3. The van der Waals surface area contributed by atoms with Crippen LogP contribution in [0.4, 0.5) is 0 Å². The van der Waals surface area contributed by atoms with Gasteiger partial charge in [0.15, 0.2) is 17.5 Å². The average molecular weight is 568 g/mol. The molecule has 8 rings (SSSR count). The van der Waals surface area contributed by atoms with Gasteiger partial charge < -0.3 is 8.83 Å². The van der Waals surface area contributed by atoms with E-state index in [0.717, 1.165) is 65.0 Å². The highest BCUT2D eigenvalue weighted by Gasteiger charge is 2.20. The SMILES string of the molecule is Brc1ccc(-c2nc(-c3cccc4c3oc3ccccc34)nc(-c3cccc4oc5ccccc5c34)n2)cc1. The summed E-state index contributed by atoms with van der Waals surface area (Å²) in [5, 5.41) is 4.09. The van der Waals surface area contributed by atoms with Gasteiger partial charge in [0.25, 0.3) is 0 Å². The van der Waals surface area contributed by atoms with Crippen molar-refractivity contribution in [3.05, 3.63) is 114 Å². The van der Waals surface area contributed by atoms with Crippen molar-refractivity contribution < 1.29 is 8.83 Å². The lowest BCUT2D eigenvalue weighted by atomic mass is 10.0. The van der Waals surface area contributed by atoms with Crippen LogP contribution in [0, 0.1) is 0 Å². The molecular weight excluding hydrogens is 550 g/mol. The van der Waals surface area contributed by atoms with E-state index >= 15 is 0 Å². The number of hydrogen-bond acceptors (Lipinski definition) is 5. The summed E-state index contributed by atoms with van der Waals surface area (Å²) in [6, 6.07) is 36.2. The van der Waals surface area contributed by atoms with Gasteiger partial charge in [0, 0.05) is 37.1 Å². The molecule has 0 radical (unpaired) electrons. The molecule has 0 spiro atoms. The maximum absolute atomic E-state index is 6.34. The molecule has 0 aliphatic heterocycles. The summed E-state index contributed by atoms with van der Waals surface area (Å²) >= 11 is 3.53. The van der Waals surface area contributed by atoms with Gasteiger partial charge in [-0.05, 0) is 36.4 Å². The van der Waals surface area contributed by atoms with Crippen molar-refractivity contribution in [2.75, 3.05) is 0 Å². The molecule has 3 heterocycles. The summed E-state index contributed by atoms with van der Waals surface area (Å²) in [7, 11) is 0. The normalized spacial score (nSPS) is 11.7. The first-order valence-electron chi connectivity index (χ1n) is 12.6. The Morgan fingerprint density at radius 2 is 1.05 bits per heavy atom. The van der Waals surface area contributed by atoms with E-state index in [4.69, 9.17) is 23.8 Å². The van der Waals surface area contributed by atoms with Crippen LogP contribution < -0.4 is 0 Å². The lowest BCUT2D eigenvalue weighted by Gasteiger charge is -2.09. The van der Waals surface area contributed by atoms with E-state index in [1.165, 1.54) is 0 Å². The van der Waals surface area contributed by atoms with Crippen LogP contribution >= 0.6 is 15.9 Å². The Labute approximate surface area is 230 Å². The van der Waals surface area contributed by atoms with Crippen molar-refractivity contribution in [3.63, 3.8) is 0 Å². The van der Waals surface area contributed by atoms with E-state index in [9.17, 15) is 0 Å². The van der Waals surface area contributed by atoms with E-state index < -0.39 is 0 Å². The van der Waals surface area contributed by atoms with Crippen molar-refractivity contribution in [1.29, 1.82) is 0 Å². The molecule has 0 saturated heterocycles. The minimum Gasteiger partial charge on any atom is -0.456 e. The summed E-state index contributed by atoms with van der Waals surface area (Å²) in [5.41, 5.74) is 5.80. The molecule has 5 nitrogen and oxygen atoms in total. The van der Waals surface area contributed by atoms with Gasteiger partial charge in [0.2, 0.25) is 0 Å². The second-order valence-electron chi connectivity index (χ2n) is 9.37. The number of fused-ring (bicyclic) bond motifs is 6. The average Bonchev–Trinajstić information content (AvgIpc) is 3.56. The number of rotatable bonds is 3. The first kappa shape index (κ1) is 22.2. The van der Waals surface area contributed by atoms with Crippen molar-refractivity contribution in [3.8, 4) is 34.2 Å². The van der Waals surface area contributed by atoms with E-state index in [-0.39, 0.29) is 0 Å². The van der Waals surface area contributed by atoms with Gasteiger partial charge in [-0.3, -0.25) is 0 Å². The van der Waals surface area contributed by atoms with E-state index in [1.54, 1.807) is 0 Å². The smallest absolute Gasteiger partial charge is 0.167 e. The number of hydrogen-bond donors (Lipinski definition) is 0. The summed E-state index contributed by atoms with van der Waals surface area (Å²) in [6.45, 7) is 0. The van der Waals surface area contributed by atoms with Gasteiger partial charge in [-0.1, -0.05) is 88.7 Å². The molecule has 0 atom stereocenters. The Morgan fingerprint density at radius 1 is 0.462 bits per heavy atom. The van der Waals surface area contributed by atoms with Crippen LogP contribution in [0.5, 0.6) is 0 Å². The zero-order valence-electron chi connectivity index (χ0n) is 20.4. The van der Waals surface area contributed by atoms with Crippen LogP contribution in [0.2, 0.25) is 0 Å². The first-order chi connectivity index (χ1) is 19.2. The van der Waals surface area contributed by atoms with Gasteiger partial charge >= 0.3 is 0 Å². The summed E-state index contributed by atoms with van der Waals surface area (Å²) < 4.78 is 13.5. The molecule has 8 aromatic rings. The number of furan rings is 2. The molecule has 5 aromatic carbocycles. The Kier molecular flexibility index (Phi) is 4.90. The van der Waals surface area contributed by atoms with Crippen molar-refractivity contribution >= 4 is 59.8 Å². The number of aromatic nitrogens is 3. The predicted octanol–water partition coefficient (Wildman–Crippen LogP) is 9.43. The van der Waals surface area contributed by atoms with Crippen LogP contribution in [0.15, 0.2) is 123 Å². The highest BCUT2D eigenvalue weighted by molar-refractivity contribution is 9.10. The van der Waals surface area contributed by atoms with E-state index in [0.29, 0.717) is 17.5 Å². The third kappa shape index (κ3) is 3.56. The first-order valence-corrected chi connectivity index (χ1v) is 13.4. The van der Waals surface area contributed by atoms with Crippen molar-refractivity contribution in [2.45, 2.75) is 0 Å². The van der Waals surface area contributed by atoms with Gasteiger partial charge in [-0.2, -0.15) is 0 Å². The fourth-order valence-corrected chi connectivity index (χ4v) is 5.49. The second kappa shape index (κ2) is 8.61. The van der Waals surface area contributed by atoms with Crippen molar-refractivity contribution in [1.82, 2.24) is 15.0 Å². The minimum atomic E-state index is 0.548. The molecule has 0 fully saturated rings. The largest absolute Gasteiger partial charge is 0.456 e. The van der Waals surface area contributed by atoms with Crippen LogP contribution in [0.1, 0.15) is 0 Å². The Hall–Kier alpha value is -4.81. The Morgan fingerprint density at radius 3 is 1.87 bits per heavy atom. The minimum absolute atomic E-state index is 0.548. The van der Waals surface area contributed by atoms with Crippen LogP contribution in [-0.2, 0) is 0 Å². The lowest BCUT2D eigenvalue weighted by Crippen LogP contribution is -2.00. The molecule has 184 valence electrons. The molecule has 0 saturated carbocycles. The zero-order chi connectivity index (χ0) is 25.9. The monoisotopic (exact) mass is 567 g/mol. The molecule has 0 amide bonds. The molecule has 0 unspecified atom stereocenters. The molecular formula is C33H18BrN3O2. The molecule has 0 N–H and O–H groups in total. The van der Waals surface area contributed by atoms with E-state index in [2.05, 4.69) is 34.1 Å². The fourth-order valence-electron chi connectivity index (χ4n) is 5.23. The maximum Gasteiger partial charge on any atom is 0.167 e. The van der Waals surface area contributed by atoms with Crippen LogP contribution in [-0.4, -0.2) is 15.0 Å². The highest BCUT2D eigenvalue weighted by atomic mass is 79.9. The number of para-hydroxylation sites is 3. The molecule has 3 aromatic heterocycles.